The van der Waals surface area contributed by atoms with Crippen LogP contribution in [0.3, 0.4) is 0 Å². The molecule has 0 aliphatic heterocycles. The highest BCUT2D eigenvalue weighted by Crippen LogP contribution is 2.25. The van der Waals surface area contributed by atoms with Crippen LogP contribution < -0.4 is 10.9 Å². The summed E-state index contributed by atoms with van der Waals surface area (Å²) in [6.45, 7) is 7.78. The quantitative estimate of drug-likeness (QED) is 0.806. The number of thiophene rings is 1. The van der Waals surface area contributed by atoms with Gasteiger partial charge in [0.1, 0.15) is 10.7 Å². The van der Waals surface area contributed by atoms with Gasteiger partial charge in [0.15, 0.2) is 0 Å². The van der Waals surface area contributed by atoms with Crippen molar-refractivity contribution < 1.29 is 0 Å². The van der Waals surface area contributed by atoms with E-state index >= 15 is 0 Å². The minimum absolute atomic E-state index is 0.0221. The van der Waals surface area contributed by atoms with E-state index in [-0.39, 0.29) is 5.56 Å². The van der Waals surface area contributed by atoms with Crippen LogP contribution in [0.5, 0.6) is 0 Å². The molecule has 0 spiro atoms. The Kier molecular flexibility index (Phi) is 5.23. The first kappa shape index (κ1) is 15.5. The maximum absolute atomic E-state index is 12.1. The zero-order valence-corrected chi connectivity index (χ0v) is 14.0. The van der Waals surface area contributed by atoms with Crippen molar-refractivity contribution in [3.8, 4) is 0 Å². The minimum Gasteiger partial charge on any atom is -0.310 e. The summed E-state index contributed by atoms with van der Waals surface area (Å²) in [5.41, 5.74) is 1.03. The Balaban J connectivity index is 2.07. The summed E-state index contributed by atoms with van der Waals surface area (Å²) in [6, 6.07) is 0. The fraction of sp³-hybridized carbons (Fsp3) is 0.571. The summed E-state index contributed by atoms with van der Waals surface area (Å²) >= 11 is 3.46. The standard InChI is InChI=1S/C14H21N3OS2/c1-8(19-4)5-6-15-7-11-16-13(18)12-9(2)10(3)20-14(12)17-11/h8,15H,5-7H2,1-4H3,(H,16,17,18). The van der Waals surface area contributed by atoms with E-state index in [1.165, 1.54) is 0 Å². The molecule has 2 aromatic rings. The van der Waals surface area contributed by atoms with E-state index in [0.717, 1.165) is 39.4 Å². The second-order valence-electron chi connectivity index (χ2n) is 4.99. The predicted molar refractivity (Wildman–Crippen MR) is 89.0 cm³/mol. The first-order chi connectivity index (χ1) is 9.52. The van der Waals surface area contributed by atoms with Crippen molar-refractivity contribution in [2.45, 2.75) is 39.0 Å². The third-order valence-corrected chi connectivity index (χ3v) is 5.65. The van der Waals surface area contributed by atoms with Crippen molar-refractivity contribution in [1.29, 1.82) is 0 Å². The van der Waals surface area contributed by atoms with Gasteiger partial charge >= 0.3 is 0 Å². The molecular weight excluding hydrogens is 290 g/mol. The molecule has 20 heavy (non-hydrogen) atoms. The lowest BCUT2D eigenvalue weighted by Crippen LogP contribution is -2.21. The normalized spacial score (nSPS) is 13.0. The molecule has 2 N–H and O–H groups in total. The average molecular weight is 311 g/mol. The lowest BCUT2D eigenvalue weighted by atomic mass is 10.2. The number of aryl methyl sites for hydroxylation is 2. The number of thioether (sulfide) groups is 1. The first-order valence-corrected chi connectivity index (χ1v) is 8.85. The van der Waals surface area contributed by atoms with Gasteiger partial charge in [-0.1, -0.05) is 6.92 Å². The highest BCUT2D eigenvalue weighted by Gasteiger charge is 2.11. The number of rotatable bonds is 6. The van der Waals surface area contributed by atoms with E-state index in [9.17, 15) is 4.79 Å². The van der Waals surface area contributed by atoms with Gasteiger partial charge < -0.3 is 10.3 Å². The summed E-state index contributed by atoms with van der Waals surface area (Å²) in [4.78, 5) is 21.5. The van der Waals surface area contributed by atoms with Crippen LogP contribution in [0, 0.1) is 13.8 Å². The van der Waals surface area contributed by atoms with Crippen LogP contribution in [-0.4, -0.2) is 28.0 Å². The number of hydrogen-bond acceptors (Lipinski definition) is 5. The number of nitrogens with one attached hydrogen (secondary N) is 2. The van der Waals surface area contributed by atoms with Gasteiger partial charge in [0.25, 0.3) is 5.56 Å². The molecule has 1 atom stereocenters. The highest BCUT2D eigenvalue weighted by molar-refractivity contribution is 7.99. The van der Waals surface area contributed by atoms with Gasteiger partial charge in [0.05, 0.1) is 11.9 Å². The van der Waals surface area contributed by atoms with Gasteiger partial charge in [0, 0.05) is 10.1 Å². The highest BCUT2D eigenvalue weighted by atomic mass is 32.2. The van der Waals surface area contributed by atoms with Crippen LogP contribution in [0.15, 0.2) is 4.79 Å². The van der Waals surface area contributed by atoms with Gasteiger partial charge in [-0.2, -0.15) is 11.8 Å². The maximum Gasteiger partial charge on any atom is 0.259 e. The van der Waals surface area contributed by atoms with Crippen molar-refractivity contribution in [3.63, 3.8) is 0 Å². The number of aromatic nitrogens is 2. The van der Waals surface area contributed by atoms with Crippen LogP contribution in [0.1, 0.15) is 29.6 Å². The fourth-order valence-corrected chi connectivity index (χ4v) is 3.42. The van der Waals surface area contributed by atoms with Gasteiger partial charge in [0.2, 0.25) is 0 Å². The van der Waals surface area contributed by atoms with E-state index in [0.29, 0.717) is 11.8 Å². The smallest absolute Gasteiger partial charge is 0.259 e. The second kappa shape index (κ2) is 6.74. The Bertz CT molecular complexity index is 648. The first-order valence-electron chi connectivity index (χ1n) is 6.75. The summed E-state index contributed by atoms with van der Waals surface area (Å²) in [6.07, 6.45) is 3.24. The van der Waals surface area contributed by atoms with Gasteiger partial charge in [-0.15, -0.1) is 11.3 Å². The van der Waals surface area contributed by atoms with Gasteiger partial charge in [-0.3, -0.25) is 4.79 Å². The zero-order valence-electron chi connectivity index (χ0n) is 12.4. The van der Waals surface area contributed by atoms with E-state index in [1.54, 1.807) is 11.3 Å². The maximum atomic E-state index is 12.1. The molecule has 6 heteroatoms. The summed E-state index contributed by atoms with van der Waals surface area (Å²) in [5.74, 6) is 0.723. The molecule has 0 bridgehead atoms. The minimum atomic E-state index is -0.0221. The molecule has 0 saturated carbocycles. The van der Waals surface area contributed by atoms with Crippen molar-refractivity contribution in [2.24, 2.45) is 0 Å². The molecule has 2 aromatic heterocycles. The van der Waals surface area contributed by atoms with Crippen LogP contribution >= 0.6 is 23.1 Å². The third kappa shape index (κ3) is 3.42. The SMILES string of the molecule is CSC(C)CCNCc1nc2sc(C)c(C)c2c(=O)[nH]1. The van der Waals surface area contributed by atoms with Crippen molar-refractivity contribution >= 4 is 33.3 Å². The number of fused-ring (bicyclic) bond motifs is 1. The Labute approximate surface area is 127 Å². The molecule has 4 nitrogen and oxygen atoms in total. The number of nitrogens with zero attached hydrogens (tertiary/aromatic N) is 1. The average Bonchev–Trinajstić information content (AvgIpc) is 2.70. The summed E-state index contributed by atoms with van der Waals surface area (Å²) in [5, 5.41) is 4.73. The van der Waals surface area contributed by atoms with Crippen LogP contribution in [0.25, 0.3) is 10.2 Å². The molecule has 0 fully saturated rings. The van der Waals surface area contributed by atoms with E-state index < -0.39 is 0 Å². The lowest BCUT2D eigenvalue weighted by Gasteiger charge is -2.08. The number of aromatic amines is 1. The topological polar surface area (TPSA) is 57.8 Å². The predicted octanol–water partition coefficient (Wildman–Crippen LogP) is 2.83. The molecule has 0 saturated heterocycles. The summed E-state index contributed by atoms with van der Waals surface area (Å²) < 4.78 is 0. The molecule has 2 heterocycles. The molecule has 0 aromatic carbocycles. The van der Waals surface area contributed by atoms with Crippen LogP contribution in [-0.2, 0) is 6.54 Å². The summed E-state index contributed by atoms with van der Waals surface area (Å²) in [7, 11) is 0. The lowest BCUT2D eigenvalue weighted by molar-refractivity contribution is 0.629. The monoisotopic (exact) mass is 311 g/mol. The van der Waals surface area contributed by atoms with E-state index in [2.05, 4.69) is 28.5 Å². The Morgan fingerprint density at radius 2 is 2.20 bits per heavy atom. The van der Waals surface area contributed by atoms with Crippen LogP contribution in [0.2, 0.25) is 0 Å². The molecule has 110 valence electrons. The van der Waals surface area contributed by atoms with Gasteiger partial charge in [-0.25, -0.2) is 4.98 Å². The Morgan fingerprint density at radius 1 is 1.45 bits per heavy atom. The molecule has 0 aliphatic carbocycles. The Hall–Kier alpha value is -0.850. The number of H-pyrrole nitrogens is 1. The largest absolute Gasteiger partial charge is 0.310 e. The molecule has 2 rings (SSSR count). The molecule has 0 aliphatic rings. The molecule has 1 unspecified atom stereocenters. The number of hydrogen-bond donors (Lipinski definition) is 2. The molecule has 0 radical (unpaired) electrons. The van der Waals surface area contributed by atoms with Crippen molar-refractivity contribution in [3.05, 3.63) is 26.6 Å². The fourth-order valence-electron chi connectivity index (χ4n) is 2.01. The van der Waals surface area contributed by atoms with E-state index in [4.69, 9.17) is 0 Å². The molecular formula is C14H21N3OS2. The third-order valence-electron chi connectivity index (χ3n) is 3.51. The Morgan fingerprint density at radius 3 is 2.90 bits per heavy atom. The van der Waals surface area contributed by atoms with Crippen LogP contribution in [0.4, 0.5) is 0 Å². The zero-order chi connectivity index (χ0) is 14.7. The van der Waals surface area contributed by atoms with Crippen molar-refractivity contribution in [1.82, 2.24) is 15.3 Å². The second-order valence-corrected chi connectivity index (χ2v) is 7.47. The molecule has 0 amide bonds. The van der Waals surface area contributed by atoms with Gasteiger partial charge in [-0.05, 0) is 38.6 Å². The van der Waals surface area contributed by atoms with Crippen molar-refractivity contribution in [2.75, 3.05) is 12.8 Å². The van der Waals surface area contributed by atoms with E-state index in [1.807, 2.05) is 25.6 Å².